The SMILES string of the molecule is CCC(C)=O.CCC(C)=O.CCC(C)=O.[SiH3]c1ccccc1. The topological polar surface area (TPSA) is 51.2 Å². The van der Waals surface area contributed by atoms with Gasteiger partial charge in [0, 0.05) is 29.5 Å². The third kappa shape index (κ3) is 36.2. The molecule has 0 amide bonds. The van der Waals surface area contributed by atoms with E-state index in [1.165, 1.54) is 15.4 Å². The molecular weight excluding hydrogens is 292 g/mol. The Bertz CT molecular complexity index is 367. The summed E-state index contributed by atoms with van der Waals surface area (Å²) in [6.07, 6.45) is 2.00. The molecule has 126 valence electrons. The van der Waals surface area contributed by atoms with Crippen LogP contribution in [-0.4, -0.2) is 27.6 Å². The molecule has 0 heterocycles. The Labute approximate surface area is 138 Å². The van der Waals surface area contributed by atoms with Gasteiger partial charge >= 0.3 is 0 Å². The number of hydrogen-bond donors (Lipinski definition) is 0. The molecule has 0 fully saturated rings. The fraction of sp³-hybridized carbons (Fsp3) is 0.500. The normalized spacial score (nSPS) is 8.09. The summed E-state index contributed by atoms with van der Waals surface area (Å²) in [5.41, 5.74) is 0. The molecule has 0 unspecified atom stereocenters. The van der Waals surface area contributed by atoms with Crippen LogP contribution in [0.15, 0.2) is 30.3 Å². The molecule has 0 spiro atoms. The van der Waals surface area contributed by atoms with Crippen molar-refractivity contribution in [2.45, 2.75) is 60.8 Å². The molecule has 0 saturated carbocycles. The monoisotopic (exact) mass is 324 g/mol. The van der Waals surface area contributed by atoms with Crippen LogP contribution in [0.4, 0.5) is 0 Å². The summed E-state index contributed by atoms with van der Waals surface area (Å²) < 4.78 is 0. The van der Waals surface area contributed by atoms with Crippen LogP contribution >= 0.6 is 0 Å². The van der Waals surface area contributed by atoms with Gasteiger partial charge < -0.3 is 14.4 Å². The predicted molar refractivity (Wildman–Crippen MR) is 98.9 cm³/mol. The van der Waals surface area contributed by atoms with Crippen LogP contribution < -0.4 is 5.19 Å². The van der Waals surface area contributed by atoms with E-state index in [2.05, 4.69) is 24.3 Å². The second-order valence-electron chi connectivity index (χ2n) is 4.82. The van der Waals surface area contributed by atoms with E-state index in [1.807, 2.05) is 26.8 Å². The number of rotatable bonds is 3. The zero-order chi connectivity index (χ0) is 18.0. The van der Waals surface area contributed by atoms with E-state index in [0.717, 1.165) is 0 Å². The minimum Gasteiger partial charge on any atom is -0.300 e. The Kier molecular flexibility index (Phi) is 22.5. The maximum atomic E-state index is 9.81. The first-order valence-corrected chi connectivity index (χ1v) is 8.71. The van der Waals surface area contributed by atoms with Crippen LogP contribution in [0.5, 0.6) is 0 Å². The molecule has 1 aromatic rings. The fourth-order valence-electron chi connectivity index (χ4n) is 0.534. The van der Waals surface area contributed by atoms with Crippen molar-refractivity contribution in [2.75, 3.05) is 0 Å². The summed E-state index contributed by atoms with van der Waals surface area (Å²) in [7, 11) is 1.17. The van der Waals surface area contributed by atoms with Crippen molar-refractivity contribution >= 4 is 32.8 Å². The Balaban J connectivity index is -0.000000223. The highest BCUT2D eigenvalue weighted by molar-refractivity contribution is 6.32. The van der Waals surface area contributed by atoms with Gasteiger partial charge in [-0.2, -0.15) is 0 Å². The lowest BCUT2D eigenvalue weighted by Crippen LogP contribution is -1.97. The van der Waals surface area contributed by atoms with E-state index in [1.54, 1.807) is 20.8 Å². The smallest absolute Gasteiger partial charge is 0.129 e. The molecule has 0 aliphatic rings. The molecule has 3 nitrogen and oxygen atoms in total. The molecule has 0 saturated heterocycles. The third-order valence-corrected chi connectivity index (χ3v) is 3.10. The molecule has 0 N–H and O–H groups in total. The molecule has 0 aliphatic carbocycles. The van der Waals surface area contributed by atoms with Crippen LogP contribution in [0.3, 0.4) is 0 Å². The van der Waals surface area contributed by atoms with Crippen LogP contribution in [0.2, 0.25) is 0 Å². The molecule has 0 atom stereocenters. The highest BCUT2D eigenvalue weighted by atomic mass is 28.1. The third-order valence-electron chi connectivity index (χ3n) is 2.43. The van der Waals surface area contributed by atoms with E-state index in [-0.39, 0.29) is 17.3 Å². The lowest BCUT2D eigenvalue weighted by molar-refractivity contribution is -0.117. The van der Waals surface area contributed by atoms with E-state index in [9.17, 15) is 14.4 Å². The van der Waals surface area contributed by atoms with Gasteiger partial charge in [0.25, 0.3) is 0 Å². The van der Waals surface area contributed by atoms with Crippen molar-refractivity contribution in [1.29, 1.82) is 0 Å². The minimum absolute atomic E-state index is 0.255. The first kappa shape index (κ1) is 25.4. The molecule has 0 aromatic heterocycles. The molecule has 0 radical (unpaired) electrons. The predicted octanol–water partition coefficient (Wildman–Crippen LogP) is 2.63. The van der Waals surface area contributed by atoms with Gasteiger partial charge in [0.1, 0.15) is 17.3 Å². The Morgan fingerprint density at radius 1 is 0.727 bits per heavy atom. The van der Waals surface area contributed by atoms with Crippen molar-refractivity contribution in [3.63, 3.8) is 0 Å². The molecule has 1 aromatic carbocycles. The summed E-state index contributed by atoms with van der Waals surface area (Å²) in [5, 5.41) is 1.46. The average molecular weight is 325 g/mol. The van der Waals surface area contributed by atoms with E-state index in [0.29, 0.717) is 19.3 Å². The zero-order valence-electron chi connectivity index (χ0n) is 15.2. The molecule has 4 heteroatoms. The first-order valence-electron chi connectivity index (χ1n) is 7.71. The molecule has 0 aliphatic heterocycles. The number of carbonyl (C=O) groups excluding carboxylic acids is 3. The standard InChI is InChI=1S/C6H8Si.3C4H8O/c7-6-4-2-1-3-5-6;3*1-3-4(2)5/h1-5H,7H3;3*3H2,1-2H3. The van der Waals surface area contributed by atoms with Crippen molar-refractivity contribution < 1.29 is 14.4 Å². The second-order valence-corrected chi connectivity index (χ2v) is 5.98. The summed E-state index contributed by atoms with van der Waals surface area (Å²) in [6.45, 7) is 10.3. The molecule has 0 bridgehead atoms. The Hall–Kier alpha value is -1.55. The van der Waals surface area contributed by atoms with E-state index >= 15 is 0 Å². The zero-order valence-corrected chi connectivity index (χ0v) is 17.2. The van der Waals surface area contributed by atoms with Gasteiger partial charge in [0.15, 0.2) is 0 Å². The molecular formula is C18H32O3Si. The summed E-state index contributed by atoms with van der Waals surface area (Å²) in [4.78, 5) is 29.4. The quantitative estimate of drug-likeness (QED) is 0.803. The van der Waals surface area contributed by atoms with Crippen molar-refractivity contribution in [3.05, 3.63) is 30.3 Å². The van der Waals surface area contributed by atoms with Gasteiger partial charge in [0.05, 0.1) is 0 Å². The maximum absolute atomic E-state index is 9.81. The van der Waals surface area contributed by atoms with Crippen LogP contribution in [-0.2, 0) is 14.4 Å². The maximum Gasteiger partial charge on any atom is 0.129 e. The highest BCUT2D eigenvalue weighted by Crippen LogP contribution is 1.76. The van der Waals surface area contributed by atoms with Crippen molar-refractivity contribution in [1.82, 2.24) is 0 Å². The molecule has 22 heavy (non-hydrogen) atoms. The van der Waals surface area contributed by atoms with Crippen molar-refractivity contribution in [2.24, 2.45) is 0 Å². The molecule has 1 rings (SSSR count). The van der Waals surface area contributed by atoms with E-state index in [4.69, 9.17) is 0 Å². The first-order chi connectivity index (χ1) is 10.2. The van der Waals surface area contributed by atoms with Gasteiger partial charge in [-0.25, -0.2) is 0 Å². The number of ketones is 3. The number of carbonyl (C=O) groups is 3. The minimum atomic E-state index is 0.255. The van der Waals surface area contributed by atoms with Gasteiger partial charge in [-0.05, 0) is 20.8 Å². The average Bonchev–Trinajstić information content (AvgIpc) is 2.49. The Morgan fingerprint density at radius 3 is 1.05 bits per heavy atom. The number of Topliss-reactive ketones (excluding diaryl/α,β-unsaturated/α-hetero) is 3. The fourth-order valence-corrected chi connectivity index (χ4v) is 0.919. The highest BCUT2D eigenvalue weighted by Gasteiger charge is 1.77. The lowest BCUT2D eigenvalue weighted by Gasteiger charge is -1.82. The number of benzene rings is 1. The van der Waals surface area contributed by atoms with Gasteiger partial charge in [-0.1, -0.05) is 56.3 Å². The second kappa shape index (κ2) is 19.4. The summed E-state index contributed by atoms with van der Waals surface area (Å²) in [6, 6.07) is 10.5. The Morgan fingerprint density at radius 2 is 0.955 bits per heavy atom. The van der Waals surface area contributed by atoms with Gasteiger partial charge in [-0.3, -0.25) is 0 Å². The van der Waals surface area contributed by atoms with Crippen molar-refractivity contribution in [3.8, 4) is 0 Å². The van der Waals surface area contributed by atoms with Crippen LogP contribution in [0.25, 0.3) is 0 Å². The van der Waals surface area contributed by atoms with E-state index < -0.39 is 0 Å². The van der Waals surface area contributed by atoms with Gasteiger partial charge in [-0.15, -0.1) is 0 Å². The van der Waals surface area contributed by atoms with Crippen LogP contribution in [0, 0.1) is 0 Å². The summed E-state index contributed by atoms with van der Waals surface area (Å²) in [5.74, 6) is 0.764. The largest absolute Gasteiger partial charge is 0.300 e. The lowest BCUT2D eigenvalue weighted by atomic mass is 10.4. The van der Waals surface area contributed by atoms with Crippen LogP contribution in [0.1, 0.15) is 60.8 Å². The van der Waals surface area contributed by atoms with Gasteiger partial charge in [0.2, 0.25) is 0 Å². The number of hydrogen-bond acceptors (Lipinski definition) is 3. The summed E-state index contributed by atoms with van der Waals surface area (Å²) >= 11 is 0.